The van der Waals surface area contributed by atoms with Crippen LogP contribution < -0.4 is 10.2 Å². The lowest BCUT2D eigenvalue weighted by Crippen LogP contribution is -2.43. The fourth-order valence-electron chi connectivity index (χ4n) is 3.39. The molecule has 1 fully saturated rings. The number of hydrogen-bond acceptors (Lipinski definition) is 4. The molecule has 0 aliphatic carbocycles. The zero-order valence-corrected chi connectivity index (χ0v) is 16.2. The highest BCUT2D eigenvalue weighted by molar-refractivity contribution is 5.79. The van der Waals surface area contributed by atoms with E-state index in [1.807, 2.05) is 44.2 Å². The van der Waals surface area contributed by atoms with Crippen molar-refractivity contribution in [2.75, 3.05) is 18.0 Å². The number of benzene rings is 1. The molecule has 1 aliphatic rings. The zero-order chi connectivity index (χ0) is 19.1. The third kappa shape index (κ3) is 5.54. The Balaban J connectivity index is 1.56. The van der Waals surface area contributed by atoms with Gasteiger partial charge in [-0.1, -0.05) is 30.3 Å². The number of nitrogens with zero attached hydrogens (tertiary/aromatic N) is 2. The van der Waals surface area contributed by atoms with Crippen molar-refractivity contribution in [3.8, 4) is 0 Å². The maximum absolute atomic E-state index is 12.7. The molecule has 1 aromatic heterocycles. The van der Waals surface area contributed by atoms with E-state index in [1.165, 1.54) is 0 Å². The number of carbonyl (C=O) groups excluding carboxylic acids is 1. The SMILES string of the molecule is CC(C)OCc1ccccc1CNC(=O)C1CCCN(c2ccccn2)C1. The van der Waals surface area contributed by atoms with Crippen molar-refractivity contribution in [3.05, 3.63) is 59.8 Å². The van der Waals surface area contributed by atoms with Crippen LogP contribution in [0.2, 0.25) is 0 Å². The first-order valence-corrected chi connectivity index (χ1v) is 9.75. The second-order valence-electron chi connectivity index (χ2n) is 7.32. The molecule has 5 heteroatoms. The third-order valence-corrected chi connectivity index (χ3v) is 4.91. The number of nitrogens with one attached hydrogen (secondary N) is 1. The molecule has 5 nitrogen and oxygen atoms in total. The summed E-state index contributed by atoms with van der Waals surface area (Å²) in [5.41, 5.74) is 2.24. The van der Waals surface area contributed by atoms with Crippen molar-refractivity contribution in [2.24, 2.45) is 5.92 Å². The topological polar surface area (TPSA) is 54.5 Å². The van der Waals surface area contributed by atoms with E-state index >= 15 is 0 Å². The Bertz CT molecular complexity index is 733. The molecule has 1 amide bonds. The maximum Gasteiger partial charge on any atom is 0.225 e. The molecule has 1 saturated heterocycles. The summed E-state index contributed by atoms with van der Waals surface area (Å²) in [6.45, 7) is 6.84. The van der Waals surface area contributed by atoms with Gasteiger partial charge in [0.1, 0.15) is 5.82 Å². The molecule has 1 aromatic carbocycles. The van der Waals surface area contributed by atoms with Gasteiger partial charge < -0.3 is 15.0 Å². The zero-order valence-electron chi connectivity index (χ0n) is 16.2. The summed E-state index contributed by atoms with van der Waals surface area (Å²) in [7, 11) is 0. The first-order chi connectivity index (χ1) is 13.1. The molecule has 1 atom stereocenters. The fourth-order valence-corrected chi connectivity index (χ4v) is 3.39. The highest BCUT2D eigenvalue weighted by Crippen LogP contribution is 2.21. The molecule has 0 radical (unpaired) electrons. The Kier molecular flexibility index (Phi) is 6.82. The van der Waals surface area contributed by atoms with Crippen LogP contribution >= 0.6 is 0 Å². The summed E-state index contributed by atoms with van der Waals surface area (Å²) in [5, 5.41) is 3.13. The lowest BCUT2D eigenvalue weighted by Gasteiger charge is -2.32. The number of piperidine rings is 1. The summed E-state index contributed by atoms with van der Waals surface area (Å²) >= 11 is 0. The van der Waals surface area contributed by atoms with Gasteiger partial charge in [-0.25, -0.2) is 4.98 Å². The fraction of sp³-hybridized carbons (Fsp3) is 0.455. The largest absolute Gasteiger partial charge is 0.374 e. The summed E-state index contributed by atoms with van der Waals surface area (Å²) < 4.78 is 5.73. The standard InChI is InChI=1S/C22H29N3O2/c1-17(2)27-16-20-9-4-3-8-18(20)14-24-22(26)19-10-7-13-25(15-19)21-11-5-6-12-23-21/h3-6,8-9,11-12,17,19H,7,10,13-16H2,1-2H3,(H,24,26). The van der Waals surface area contributed by atoms with E-state index in [-0.39, 0.29) is 17.9 Å². The van der Waals surface area contributed by atoms with E-state index in [0.29, 0.717) is 13.2 Å². The summed E-state index contributed by atoms with van der Waals surface area (Å²) in [4.78, 5) is 19.4. The smallest absolute Gasteiger partial charge is 0.225 e. The molecule has 144 valence electrons. The average Bonchev–Trinajstić information content (AvgIpc) is 2.71. The summed E-state index contributed by atoms with van der Waals surface area (Å²) in [6, 6.07) is 14.0. The van der Waals surface area contributed by atoms with Crippen LogP contribution in [-0.4, -0.2) is 30.1 Å². The molecule has 0 saturated carbocycles. The lowest BCUT2D eigenvalue weighted by atomic mass is 9.97. The molecule has 1 unspecified atom stereocenters. The average molecular weight is 367 g/mol. The second-order valence-corrected chi connectivity index (χ2v) is 7.32. The van der Waals surface area contributed by atoms with E-state index in [2.05, 4.69) is 27.3 Å². The number of aromatic nitrogens is 1. The molecule has 2 heterocycles. The van der Waals surface area contributed by atoms with Gasteiger partial charge in [0, 0.05) is 25.8 Å². The summed E-state index contributed by atoms with van der Waals surface area (Å²) in [5.74, 6) is 1.07. The van der Waals surface area contributed by atoms with Crippen LogP contribution in [0, 0.1) is 5.92 Å². The second kappa shape index (κ2) is 9.51. The normalized spacial score (nSPS) is 17.1. The van der Waals surface area contributed by atoms with E-state index in [0.717, 1.165) is 42.9 Å². The maximum atomic E-state index is 12.7. The van der Waals surface area contributed by atoms with E-state index in [9.17, 15) is 4.79 Å². The van der Waals surface area contributed by atoms with E-state index in [4.69, 9.17) is 4.74 Å². The number of rotatable bonds is 7. The van der Waals surface area contributed by atoms with Crippen LogP contribution in [0.3, 0.4) is 0 Å². The Hall–Kier alpha value is -2.40. The quantitative estimate of drug-likeness (QED) is 0.813. The van der Waals surface area contributed by atoms with Crippen LogP contribution in [0.4, 0.5) is 5.82 Å². The van der Waals surface area contributed by atoms with E-state index in [1.54, 1.807) is 6.20 Å². The Labute approximate surface area is 161 Å². The molecule has 3 rings (SSSR count). The summed E-state index contributed by atoms with van der Waals surface area (Å²) in [6.07, 6.45) is 3.92. The highest BCUT2D eigenvalue weighted by atomic mass is 16.5. The van der Waals surface area contributed by atoms with Gasteiger partial charge in [0.25, 0.3) is 0 Å². The highest BCUT2D eigenvalue weighted by Gasteiger charge is 2.26. The Morgan fingerprint density at radius 1 is 1.22 bits per heavy atom. The van der Waals surface area contributed by atoms with Gasteiger partial charge in [-0.15, -0.1) is 0 Å². The van der Waals surface area contributed by atoms with Crippen LogP contribution in [0.5, 0.6) is 0 Å². The number of hydrogen-bond donors (Lipinski definition) is 1. The monoisotopic (exact) mass is 367 g/mol. The molecule has 0 spiro atoms. The minimum atomic E-state index is -0.000155. The minimum absolute atomic E-state index is 0.000155. The number of pyridine rings is 1. The number of ether oxygens (including phenoxy) is 1. The number of anilines is 1. The lowest BCUT2D eigenvalue weighted by molar-refractivity contribution is -0.125. The Morgan fingerprint density at radius 2 is 2.00 bits per heavy atom. The van der Waals surface area contributed by atoms with Crippen LogP contribution in [0.25, 0.3) is 0 Å². The van der Waals surface area contributed by atoms with Crippen molar-refractivity contribution in [3.63, 3.8) is 0 Å². The van der Waals surface area contributed by atoms with Crippen molar-refractivity contribution in [1.82, 2.24) is 10.3 Å². The first-order valence-electron chi connectivity index (χ1n) is 9.75. The van der Waals surface area contributed by atoms with Crippen LogP contribution in [-0.2, 0) is 22.7 Å². The van der Waals surface area contributed by atoms with Crippen molar-refractivity contribution >= 4 is 11.7 Å². The third-order valence-electron chi connectivity index (χ3n) is 4.91. The molecular weight excluding hydrogens is 338 g/mol. The van der Waals surface area contributed by atoms with Gasteiger partial charge in [-0.2, -0.15) is 0 Å². The minimum Gasteiger partial charge on any atom is -0.374 e. The number of amides is 1. The molecule has 1 N–H and O–H groups in total. The molecule has 1 aliphatic heterocycles. The van der Waals surface area contributed by atoms with Gasteiger partial charge in [-0.05, 0) is 49.9 Å². The molecule has 0 bridgehead atoms. The molecule has 2 aromatic rings. The van der Waals surface area contributed by atoms with Crippen LogP contribution in [0.15, 0.2) is 48.7 Å². The van der Waals surface area contributed by atoms with Crippen molar-refractivity contribution in [2.45, 2.75) is 45.9 Å². The first kappa shape index (κ1) is 19.4. The van der Waals surface area contributed by atoms with Gasteiger partial charge >= 0.3 is 0 Å². The van der Waals surface area contributed by atoms with Crippen LogP contribution in [0.1, 0.15) is 37.8 Å². The van der Waals surface area contributed by atoms with Gasteiger partial charge in [-0.3, -0.25) is 4.79 Å². The molecular formula is C22H29N3O2. The van der Waals surface area contributed by atoms with Crippen molar-refractivity contribution in [1.29, 1.82) is 0 Å². The van der Waals surface area contributed by atoms with Gasteiger partial charge in [0.2, 0.25) is 5.91 Å². The predicted molar refractivity (Wildman–Crippen MR) is 107 cm³/mol. The number of carbonyl (C=O) groups is 1. The van der Waals surface area contributed by atoms with Gasteiger partial charge in [0.05, 0.1) is 18.6 Å². The van der Waals surface area contributed by atoms with Crippen molar-refractivity contribution < 1.29 is 9.53 Å². The van der Waals surface area contributed by atoms with Gasteiger partial charge in [0.15, 0.2) is 0 Å². The molecule has 27 heavy (non-hydrogen) atoms. The van der Waals surface area contributed by atoms with E-state index < -0.39 is 0 Å². The Morgan fingerprint density at radius 3 is 2.74 bits per heavy atom. The predicted octanol–water partition coefficient (Wildman–Crippen LogP) is 3.54.